The fourth-order valence-electron chi connectivity index (χ4n) is 3.73. The topological polar surface area (TPSA) is 37.7 Å². The van der Waals surface area contributed by atoms with Gasteiger partial charge in [-0.1, -0.05) is 60.7 Å². The fourth-order valence-corrected chi connectivity index (χ4v) is 3.73. The first-order valence-electron chi connectivity index (χ1n) is 9.43. The summed E-state index contributed by atoms with van der Waals surface area (Å²) in [4.78, 5) is 20.8. The molecule has 136 valence electrons. The maximum atomic E-state index is 13.4. The molecule has 1 fully saturated rings. The molecular formula is C23H24N3O+. The van der Waals surface area contributed by atoms with Gasteiger partial charge in [0.25, 0.3) is 0 Å². The normalized spacial score (nSPS) is 14.4. The number of nitrogens with zero attached hydrogens (tertiary/aromatic N) is 2. The van der Waals surface area contributed by atoms with Gasteiger partial charge in [-0.05, 0) is 11.1 Å². The van der Waals surface area contributed by atoms with Crippen LogP contribution in [-0.4, -0.2) is 37.0 Å². The lowest BCUT2D eigenvalue weighted by Crippen LogP contribution is -2.50. The van der Waals surface area contributed by atoms with Gasteiger partial charge in [0.2, 0.25) is 5.91 Å². The second-order valence-corrected chi connectivity index (χ2v) is 6.82. The van der Waals surface area contributed by atoms with Gasteiger partial charge in [-0.2, -0.15) is 0 Å². The number of hydrogen-bond donors (Lipinski definition) is 0. The van der Waals surface area contributed by atoms with E-state index in [1.807, 2.05) is 78.0 Å². The molecule has 0 aliphatic carbocycles. The molecule has 3 aromatic rings. The number of aromatic amines is 1. The minimum Gasteiger partial charge on any atom is -0.368 e. The summed E-state index contributed by atoms with van der Waals surface area (Å²) in [6.45, 7) is 3.19. The molecule has 0 spiro atoms. The number of piperazine rings is 1. The number of rotatable bonds is 4. The Morgan fingerprint density at radius 2 is 1.26 bits per heavy atom. The van der Waals surface area contributed by atoms with Crippen LogP contribution in [0.3, 0.4) is 0 Å². The van der Waals surface area contributed by atoms with Crippen LogP contribution in [0.15, 0.2) is 85.2 Å². The molecule has 0 atom stereocenters. The summed E-state index contributed by atoms with van der Waals surface area (Å²) in [6.07, 6.45) is 3.88. The molecule has 4 rings (SSSR count). The highest BCUT2D eigenvalue weighted by molar-refractivity contribution is 5.87. The largest absolute Gasteiger partial charge is 0.368 e. The van der Waals surface area contributed by atoms with Crippen molar-refractivity contribution in [3.63, 3.8) is 0 Å². The first-order valence-corrected chi connectivity index (χ1v) is 9.43. The summed E-state index contributed by atoms with van der Waals surface area (Å²) < 4.78 is 0. The van der Waals surface area contributed by atoms with E-state index in [0.717, 1.165) is 37.3 Å². The molecule has 1 N–H and O–H groups in total. The summed E-state index contributed by atoms with van der Waals surface area (Å²) >= 11 is 0. The number of pyridine rings is 1. The first kappa shape index (κ1) is 17.3. The Labute approximate surface area is 160 Å². The minimum absolute atomic E-state index is 0.188. The molecule has 2 heterocycles. The number of H-pyrrole nitrogens is 1. The average molecular weight is 358 g/mol. The van der Waals surface area contributed by atoms with E-state index < -0.39 is 0 Å². The van der Waals surface area contributed by atoms with Gasteiger partial charge in [-0.3, -0.25) is 4.79 Å². The van der Waals surface area contributed by atoms with Crippen molar-refractivity contribution >= 4 is 11.6 Å². The van der Waals surface area contributed by atoms with Crippen LogP contribution in [0.5, 0.6) is 0 Å². The Morgan fingerprint density at radius 1 is 0.741 bits per heavy atom. The van der Waals surface area contributed by atoms with Crippen LogP contribution in [0.25, 0.3) is 0 Å². The van der Waals surface area contributed by atoms with Crippen molar-refractivity contribution < 1.29 is 9.78 Å². The lowest BCUT2D eigenvalue weighted by molar-refractivity contribution is -0.377. The van der Waals surface area contributed by atoms with E-state index in [-0.39, 0.29) is 11.8 Å². The van der Waals surface area contributed by atoms with E-state index in [4.69, 9.17) is 0 Å². The number of carbonyl (C=O) groups is 1. The number of benzene rings is 2. The van der Waals surface area contributed by atoms with E-state index in [9.17, 15) is 4.79 Å². The van der Waals surface area contributed by atoms with Crippen LogP contribution < -0.4 is 9.88 Å². The number of aromatic nitrogens is 1. The second kappa shape index (κ2) is 8.04. The van der Waals surface area contributed by atoms with Crippen LogP contribution in [0, 0.1) is 0 Å². The molecule has 0 bridgehead atoms. The molecule has 2 aromatic carbocycles. The Morgan fingerprint density at radius 3 is 1.78 bits per heavy atom. The van der Waals surface area contributed by atoms with E-state index in [0.29, 0.717) is 0 Å². The SMILES string of the molecule is O=C(C(c1ccccc1)c1ccccc1)N1CCN(c2cc[nH+]cc2)CC1. The lowest BCUT2D eigenvalue weighted by Gasteiger charge is -2.37. The number of hydrogen-bond acceptors (Lipinski definition) is 2. The summed E-state index contributed by atoms with van der Waals surface area (Å²) in [5.41, 5.74) is 3.30. The average Bonchev–Trinajstić information content (AvgIpc) is 2.76. The second-order valence-electron chi connectivity index (χ2n) is 6.82. The van der Waals surface area contributed by atoms with Gasteiger partial charge < -0.3 is 9.80 Å². The molecule has 0 saturated carbocycles. The Kier molecular flexibility index (Phi) is 5.15. The third-order valence-electron chi connectivity index (χ3n) is 5.17. The Hall–Kier alpha value is -3.14. The number of carbonyl (C=O) groups excluding carboxylic acids is 1. The zero-order valence-corrected chi connectivity index (χ0v) is 15.3. The highest BCUT2D eigenvalue weighted by atomic mass is 16.2. The fraction of sp³-hybridized carbons (Fsp3) is 0.217. The summed E-state index contributed by atoms with van der Waals surface area (Å²) in [5.74, 6) is -0.0567. The zero-order valence-electron chi connectivity index (χ0n) is 15.3. The summed E-state index contributed by atoms with van der Waals surface area (Å²) in [6, 6.07) is 24.3. The van der Waals surface area contributed by atoms with E-state index in [1.54, 1.807) is 0 Å². The van der Waals surface area contributed by atoms with Crippen molar-refractivity contribution in [2.24, 2.45) is 0 Å². The van der Waals surface area contributed by atoms with Crippen molar-refractivity contribution in [1.82, 2.24) is 4.90 Å². The van der Waals surface area contributed by atoms with Crippen LogP contribution in [0.4, 0.5) is 5.69 Å². The molecule has 4 heteroatoms. The monoisotopic (exact) mass is 358 g/mol. The van der Waals surface area contributed by atoms with Gasteiger partial charge in [-0.25, -0.2) is 4.98 Å². The van der Waals surface area contributed by atoms with Gasteiger partial charge in [-0.15, -0.1) is 0 Å². The number of amides is 1. The molecule has 1 aliphatic rings. The third kappa shape index (κ3) is 3.85. The van der Waals surface area contributed by atoms with Crippen LogP contribution in [0.1, 0.15) is 17.0 Å². The molecule has 27 heavy (non-hydrogen) atoms. The molecule has 0 unspecified atom stereocenters. The van der Waals surface area contributed by atoms with Gasteiger partial charge in [0.15, 0.2) is 12.4 Å². The summed E-state index contributed by atoms with van der Waals surface area (Å²) in [5, 5.41) is 0. The van der Waals surface area contributed by atoms with Crippen molar-refractivity contribution in [2.75, 3.05) is 31.1 Å². The minimum atomic E-state index is -0.245. The standard InChI is InChI=1S/C23H23N3O/c27-23(26-17-15-25(16-18-26)21-11-13-24-14-12-21)22(19-7-3-1-4-8-19)20-9-5-2-6-10-20/h1-14,22H,15-18H2/p+1. The molecule has 0 radical (unpaired) electrons. The van der Waals surface area contributed by atoms with E-state index >= 15 is 0 Å². The quantitative estimate of drug-likeness (QED) is 0.719. The van der Waals surface area contributed by atoms with Gasteiger partial charge in [0.1, 0.15) is 0 Å². The number of anilines is 1. The molecule has 1 aromatic heterocycles. The molecule has 4 nitrogen and oxygen atoms in total. The molecular weight excluding hydrogens is 334 g/mol. The van der Waals surface area contributed by atoms with Crippen molar-refractivity contribution in [1.29, 1.82) is 0 Å². The maximum absolute atomic E-state index is 13.4. The summed E-state index contributed by atoms with van der Waals surface area (Å²) in [7, 11) is 0. The highest BCUT2D eigenvalue weighted by Crippen LogP contribution is 2.27. The number of nitrogens with one attached hydrogen (secondary N) is 1. The third-order valence-corrected chi connectivity index (χ3v) is 5.17. The van der Waals surface area contributed by atoms with Gasteiger partial charge in [0, 0.05) is 44.0 Å². The lowest BCUT2D eigenvalue weighted by atomic mass is 9.90. The van der Waals surface area contributed by atoms with Crippen LogP contribution in [0.2, 0.25) is 0 Å². The van der Waals surface area contributed by atoms with Crippen LogP contribution >= 0.6 is 0 Å². The Bertz CT molecular complexity index is 820. The van der Waals surface area contributed by atoms with Crippen molar-refractivity contribution in [3.8, 4) is 0 Å². The Balaban J connectivity index is 1.53. The highest BCUT2D eigenvalue weighted by Gasteiger charge is 2.29. The zero-order chi connectivity index (χ0) is 18.5. The molecule has 1 aliphatic heterocycles. The van der Waals surface area contributed by atoms with Gasteiger partial charge >= 0.3 is 0 Å². The van der Waals surface area contributed by atoms with Crippen molar-refractivity contribution in [3.05, 3.63) is 96.3 Å². The molecule has 1 amide bonds. The predicted molar refractivity (Wildman–Crippen MR) is 107 cm³/mol. The first-order chi connectivity index (χ1) is 13.3. The maximum Gasteiger partial charge on any atom is 0.234 e. The van der Waals surface area contributed by atoms with Crippen LogP contribution in [-0.2, 0) is 4.79 Å². The smallest absolute Gasteiger partial charge is 0.234 e. The van der Waals surface area contributed by atoms with Gasteiger partial charge in [0.05, 0.1) is 5.92 Å². The van der Waals surface area contributed by atoms with Crippen molar-refractivity contribution in [2.45, 2.75) is 5.92 Å². The predicted octanol–water partition coefficient (Wildman–Crippen LogP) is 2.98. The van der Waals surface area contributed by atoms with E-state index in [1.165, 1.54) is 5.69 Å². The van der Waals surface area contributed by atoms with E-state index in [2.05, 4.69) is 22.0 Å². The molecule has 1 saturated heterocycles.